The first kappa shape index (κ1) is 12.9. The highest BCUT2D eigenvalue weighted by Crippen LogP contribution is 2.37. The molecule has 1 aromatic rings. The molecule has 0 fully saturated rings. The Morgan fingerprint density at radius 3 is 3.11 bits per heavy atom. The van der Waals surface area contributed by atoms with E-state index in [1.54, 1.807) is 19.1 Å². The summed E-state index contributed by atoms with van der Waals surface area (Å²) < 4.78 is 10.1. The summed E-state index contributed by atoms with van der Waals surface area (Å²) in [4.78, 5) is 21.7. The van der Waals surface area contributed by atoms with E-state index in [2.05, 4.69) is 5.32 Å². The van der Waals surface area contributed by atoms with Crippen LogP contribution in [-0.2, 0) is 9.53 Å². The van der Waals surface area contributed by atoms with E-state index in [9.17, 15) is 14.9 Å². The molecule has 2 rings (SSSR count). The van der Waals surface area contributed by atoms with Crippen molar-refractivity contribution in [2.75, 3.05) is 18.5 Å². The molecule has 0 aromatic heterocycles. The van der Waals surface area contributed by atoms with Crippen molar-refractivity contribution in [2.24, 2.45) is 0 Å². The minimum absolute atomic E-state index is 0.105. The number of para-hydroxylation sites is 1. The van der Waals surface area contributed by atoms with Gasteiger partial charge in [0.25, 0.3) is 5.69 Å². The summed E-state index contributed by atoms with van der Waals surface area (Å²) in [6.45, 7) is 2.09. The molecule has 0 unspecified atom stereocenters. The fraction of sp³-hybridized carbons (Fsp3) is 0.250. The third-order valence-electron chi connectivity index (χ3n) is 2.45. The quantitative estimate of drug-likeness (QED) is 0.387. The molecule has 0 aliphatic carbocycles. The third kappa shape index (κ3) is 2.82. The molecule has 100 valence electrons. The Morgan fingerprint density at radius 2 is 2.42 bits per heavy atom. The van der Waals surface area contributed by atoms with Gasteiger partial charge < -0.3 is 14.8 Å². The summed E-state index contributed by atoms with van der Waals surface area (Å²) >= 11 is 0. The SMILES string of the molecule is CCOC(=O)C=C1COc2cccc([N+](=O)[O-])c2N1. The monoisotopic (exact) mass is 264 g/mol. The van der Waals surface area contributed by atoms with E-state index in [4.69, 9.17) is 9.47 Å². The molecule has 7 nitrogen and oxygen atoms in total. The smallest absolute Gasteiger partial charge is 0.332 e. The largest absolute Gasteiger partial charge is 0.485 e. The molecule has 0 atom stereocenters. The van der Waals surface area contributed by atoms with E-state index < -0.39 is 10.9 Å². The number of fused-ring (bicyclic) bond motifs is 1. The van der Waals surface area contributed by atoms with Gasteiger partial charge in [-0.15, -0.1) is 0 Å². The Bertz CT molecular complexity index is 553. The van der Waals surface area contributed by atoms with E-state index in [1.165, 1.54) is 12.1 Å². The van der Waals surface area contributed by atoms with Gasteiger partial charge in [0, 0.05) is 12.1 Å². The van der Waals surface area contributed by atoms with Crippen LogP contribution < -0.4 is 10.1 Å². The van der Waals surface area contributed by atoms with Gasteiger partial charge in [-0.25, -0.2) is 4.79 Å². The molecule has 0 amide bonds. The van der Waals surface area contributed by atoms with Gasteiger partial charge in [0.2, 0.25) is 0 Å². The fourth-order valence-corrected chi connectivity index (χ4v) is 1.67. The van der Waals surface area contributed by atoms with Crippen molar-refractivity contribution < 1.29 is 19.2 Å². The number of ether oxygens (including phenoxy) is 2. The van der Waals surface area contributed by atoms with Gasteiger partial charge in [0.05, 0.1) is 17.2 Å². The Morgan fingerprint density at radius 1 is 1.63 bits per heavy atom. The summed E-state index contributed by atoms with van der Waals surface area (Å²) in [5.74, 6) is -0.133. The van der Waals surface area contributed by atoms with Gasteiger partial charge in [-0.05, 0) is 13.0 Å². The number of hydrogen-bond donors (Lipinski definition) is 1. The number of nitro benzene ring substituents is 1. The maximum Gasteiger partial charge on any atom is 0.332 e. The minimum atomic E-state index is -0.518. The zero-order chi connectivity index (χ0) is 13.8. The molecule has 0 saturated heterocycles. The van der Waals surface area contributed by atoms with Gasteiger partial charge in [-0.3, -0.25) is 10.1 Å². The van der Waals surface area contributed by atoms with Crippen LogP contribution in [-0.4, -0.2) is 24.1 Å². The number of anilines is 1. The molecule has 0 spiro atoms. The van der Waals surface area contributed by atoms with Crippen LogP contribution in [0.15, 0.2) is 30.0 Å². The number of carbonyl (C=O) groups is 1. The van der Waals surface area contributed by atoms with Gasteiger partial charge in [-0.1, -0.05) is 6.07 Å². The van der Waals surface area contributed by atoms with Crippen LogP contribution in [0.1, 0.15) is 6.92 Å². The summed E-state index contributed by atoms with van der Waals surface area (Å²) in [6, 6.07) is 4.53. The molecule has 0 radical (unpaired) electrons. The summed E-state index contributed by atoms with van der Waals surface area (Å²) in [5, 5.41) is 13.7. The molecule has 1 aromatic carbocycles. The van der Waals surface area contributed by atoms with Crippen LogP contribution in [0.3, 0.4) is 0 Å². The van der Waals surface area contributed by atoms with Gasteiger partial charge in [-0.2, -0.15) is 0 Å². The lowest BCUT2D eigenvalue weighted by Crippen LogP contribution is -2.19. The van der Waals surface area contributed by atoms with Crippen molar-refractivity contribution in [3.05, 3.63) is 40.1 Å². The first-order valence-corrected chi connectivity index (χ1v) is 5.66. The van der Waals surface area contributed by atoms with E-state index in [0.717, 1.165) is 0 Å². The van der Waals surface area contributed by atoms with Crippen LogP contribution in [0.4, 0.5) is 11.4 Å². The number of carbonyl (C=O) groups excluding carboxylic acids is 1. The predicted molar refractivity (Wildman–Crippen MR) is 66.9 cm³/mol. The van der Waals surface area contributed by atoms with Crippen LogP contribution >= 0.6 is 0 Å². The van der Waals surface area contributed by atoms with E-state index in [-0.39, 0.29) is 24.6 Å². The van der Waals surface area contributed by atoms with Gasteiger partial charge in [0.1, 0.15) is 12.4 Å². The van der Waals surface area contributed by atoms with Crippen molar-refractivity contribution in [3.8, 4) is 5.75 Å². The van der Waals surface area contributed by atoms with Gasteiger partial charge >= 0.3 is 5.97 Å². The van der Waals surface area contributed by atoms with E-state index >= 15 is 0 Å². The average molecular weight is 264 g/mol. The summed E-state index contributed by atoms with van der Waals surface area (Å²) in [7, 11) is 0. The first-order chi connectivity index (χ1) is 9.11. The lowest BCUT2D eigenvalue weighted by Gasteiger charge is -2.21. The summed E-state index contributed by atoms with van der Waals surface area (Å²) in [6.07, 6.45) is 1.23. The van der Waals surface area contributed by atoms with E-state index in [1.807, 2.05) is 0 Å². The minimum Gasteiger partial charge on any atom is -0.485 e. The van der Waals surface area contributed by atoms with Crippen molar-refractivity contribution in [2.45, 2.75) is 6.92 Å². The fourth-order valence-electron chi connectivity index (χ4n) is 1.67. The highest BCUT2D eigenvalue weighted by molar-refractivity contribution is 5.85. The highest BCUT2D eigenvalue weighted by Gasteiger charge is 2.23. The Kier molecular flexibility index (Phi) is 3.65. The molecule has 0 saturated carbocycles. The number of benzene rings is 1. The zero-order valence-corrected chi connectivity index (χ0v) is 10.2. The normalized spacial score (nSPS) is 15.1. The second-order valence-corrected chi connectivity index (χ2v) is 3.74. The van der Waals surface area contributed by atoms with Crippen molar-refractivity contribution in [3.63, 3.8) is 0 Å². The average Bonchev–Trinajstić information content (AvgIpc) is 2.38. The predicted octanol–water partition coefficient (Wildman–Crippen LogP) is 1.85. The molecule has 19 heavy (non-hydrogen) atoms. The topological polar surface area (TPSA) is 90.7 Å². The standard InChI is InChI=1S/C12H12N2O5/c1-2-18-11(15)6-8-7-19-10-5-3-4-9(14(16)17)12(10)13-8/h3-6,13H,2,7H2,1H3. The lowest BCUT2D eigenvalue weighted by atomic mass is 10.2. The maximum atomic E-state index is 11.3. The van der Waals surface area contributed by atoms with Crippen molar-refractivity contribution >= 4 is 17.3 Å². The Hall–Kier alpha value is -2.57. The van der Waals surface area contributed by atoms with Crippen LogP contribution in [0, 0.1) is 10.1 Å². The maximum absolute atomic E-state index is 11.3. The van der Waals surface area contributed by atoms with Crippen LogP contribution in [0.25, 0.3) is 0 Å². The number of nitro groups is 1. The van der Waals surface area contributed by atoms with Crippen LogP contribution in [0.5, 0.6) is 5.75 Å². The Balaban J connectivity index is 2.28. The molecular weight excluding hydrogens is 252 g/mol. The number of nitrogens with one attached hydrogen (secondary N) is 1. The molecule has 7 heteroatoms. The Labute approximate surface area is 109 Å². The second-order valence-electron chi connectivity index (χ2n) is 3.74. The van der Waals surface area contributed by atoms with Crippen molar-refractivity contribution in [1.82, 2.24) is 0 Å². The molecule has 1 N–H and O–H groups in total. The highest BCUT2D eigenvalue weighted by atomic mass is 16.6. The second kappa shape index (κ2) is 5.38. The number of rotatable bonds is 3. The number of esters is 1. The summed E-state index contributed by atoms with van der Waals surface area (Å²) in [5.41, 5.74) is 0.557. The molecule has 0 bridgehead atoms. The molecule has 1 aliphatic heterocycles. The molecular formula is C12H12N2O5. The lowest BCUT2D eigenvalue weighted by molar-refractivity contribution is -0.384. The third-order valence-corrected chi connectivity index (χ3v) is 2.45. The molecule has 1 aliphatic rings. The zero-order valence-electron chi connectivity index (χ0n) is 10.2. The number of hydrogen-bond acceptors (Lipinski definition) is 6. The van der Waals surface area contributed by atoms with E-state index in [0.29, 0.717) is 11.4 Å². The first-order valence-electron chi connectivity index (χ1n) is 5.66. The molecule has 1 heterocycles. The van der Waals surface area contributed by atoms with Crippen molar-refractivity contribution in [1.29, 1.82) is 0 Å². The van der Waals surface area contributed by atoms with Crippen LogP contribution in [0.2, 0.25) is 0 Å². The number of nitrogens with zero attached hydrogens (tertiary/aromatic N) is 1. The van der Waals surface area contributed by atoms with Gasteiger partial charge in [0.15, 0.2) is 5.69 Å².